The summed E-state index contributed by atoms with van der Waals surface area (Å²) in [5.74, 6) is -2.41. The zero-order valence-electron chi connectivity index (χ0n) is 11.0. The van der Waals surface area contributed by atoms with Gasteiger partial charge >= 0.3 is 5.97 Å². The molecule has 0 heterocycles. The molecule has 0 aliphatic carbocycles. The first-order chi connectivity index (χ1) is 9.90. The molecule has 2 rings (SSSR count). The van der Waals surface area contributed by atoms with Gasteiger partial charge in [-0.05, 0) is 36.4 Å². The first-order valence-electron chi connectivity index (χ1n) is 5.96. The van der Waals surface area contributed by atoms with Gasteiger partial charge in [0.25, 0.3) is 5.91 Å². The van der Waals surface area contributed by atoms with Gasteiger partial charge in [0, 0.05) is 17.8 Å². The van der Waals surface area contributed by atoms with Crippen molar-refractivity contribution >= 4 is 29.2 Å². The Kier molecular flexibility index (Phi) is 4.23. The number of benzene rings is 2. The maximum atomic E-state index is 13.7. The van der Waals surface area contributed by atoms with Crippen molar-refractivity contribution in [2.75, 3.05) is 11.9 Å². The van der Waals surface area contributed by atoms with Crippen LogP contribution in [-0.2, 0) is 0 Å². The number of halogens is 2. The lowest BCUT2D eigenvalue weighted by atomic mass is 10.1. The maximum Gasteiger partial charge on any atom is 0.335 e. The van der Waals surface area contributed by atoms with Crippen LogP contribution < -0.4 is 4.90 Å². The van der Waals surface area contributed by atoms with Crippen molar-refractivity contribution in [3.63, 3.8) is 0 Å². The largest absolute Gasteiger partial charge is 0.478 e. The summed E-state index contributed by atoms with van der Waals surface area (Å²) in [6.45, 7) is 0. The van der Waals surface area contributed by atoms with Gasteiger partial charge in [-0.1, -0.05) is 17.7 Å². The van der Waals surface area contributed by atoms with E-state index in [1.807, 2.05) is 0 Å². The third-order valence-corrected chi connectivity index (χ3v) is 3.18. The van der Waals surface area contributed by atoms with Crippen LogP contribution in [0.4, 0.5) is 10.1 Å². The molecule has 0 unspecified atom stereocenters. The molecule has 0 atom stereocenters. The Balaban J connectivity index is 2.37. The highest BCUT2D eigenvalue weighted by Gasteiger charge is 2.18. The number of aromatic carboxylic acids is 1. The van der Waals surface area contributed by atoms with Gasteiger partial charge in [0.1, 0.15) is 5.82 Å². The average Bonchev–Trinajstić information content (AvgIpc) is 2.48. The van der Waals surface area contributed by atoms with Crippen LogP contribution in [0.1, 0.15) is 20.7 Å². The van der Waals surface area contributed by atoms with Gasteiger partial charge in [-0.15, -0.1) is 0 Å². The van der Waals surface area contributed by atoms with Crippen molar-refractivity contribution in [2.45, 2.75) is 0 Å². The standard InChI is InChI=1S/C15H11ClFNO3/c1-18(11-4-2-3-9(7-11)15(20)21)14(19)12-8-10(16)5-6-13(12)17/h2-8H,1H3,(H,20,21). The van der Waals surface area contributed by atoms with Crippen molar-refractivity contribution < 1.29 is 19.1 Å². The molecule has 108 valence electrons. The molecule has 0 radical (unpaired) electrons. The molecule has 1 N–H and O–H groups in total. The fraction of sp³-hybridized carbons (Fsp3) is 0.0667. The summed E-state index contributed by atoms with van der Waals surface area (Å²) in [6.07, 6.45) is 0. The summed E-state index contributed by atoms with van der Waals surface area (Å²) < 4.78 is 13.7. The highest BCUT2D eigenvalue weighted by atomic mass is 35.5. The number of anilines is 1. The molecular weight excluding hydrogens is 297 g/mol. The molecule has 0 bridgehead atoms. The number of carboxylic acids is 1. The summed E-state index contributed by atoms with van der Waals surface area (Å²) in [5, 5.41) is 9.19. The topological polar surface area (TPSA) is 57.6 Å². The Morgan fingerprint density at radius 3 is 2.57 bits per heavy atom. The Hall–Kier alpha value is -2.40. The van der Waals surface area contributed by atoms with Gasteiger partial charge in [-0.25, -0.2) is 9.18 Å². The Labute approximate surface area is 125 Å². The number of carboxylic acid groups (broad SMARTS) is 1. The van der Waals surface area contributed by atoms with Crippen LogP contribution in [0.3, 0.4) is 0 Å². The predicted molar refractivity (Wildman–Crippen MR) is 77.5 cm³/mol. The smallest absolute Gasteiger partial charge is 0.335 e. The zero-order chi connectivity index (χ0) is 15.6. The second-order valence-corrected chi connectivity index (χ2v) is 4.78. The van der Waals surface area contributed by atoms with Crippen LogP contribution in [0.15, 0.2) is 42.5 Å². The number of carbonyl (C=O) groups is 2. The average molecular weight is 308 g/mol. The van der Waals surface area contributed by atoms with E-state index in [0.29, 0.717) is 5.69 Å². The first-order valence-corrected chi connectivity index (χ1v) is 6.34. The van der Waals surface area contributed by atoms with E-state index in [0.717, 1.165) is 6.07 Å². The van der Waals surface area contributed by atoms with Crippen LogP contribution in [0.5, 0.6) is 0 Å². The van der Waals surface area contributed by atoms with Crippen LogP contribution in [0.25, 0.3) is 0 Å². The summed E-state index contributed by atoms with van der Waals surface area (Å²) >= 11 is 5.76. The van der Waals surface area contributed by atoms with Gasteiger partial charge in [-0.3, -0.25) is 4.79 Å². The van der Waals surface area contributed by atoms with E-state index in [9.17, 15) is 14.0 Å². The van der Waals surface area contributed by atoms with Crippen LogP contribution in [0, 0.1) is 5.82 Å². The number of nitrogens with zero attached hydrogens (tertiary/aromatic N) is 1. The summed E-state index contributed by atoms with van der Waals surface area (Å²) in [7, 11) is 1.43. The third-order valence-electron chi connectivity index (χ3n) is 2.94. The van der Waals surface area contributed by atoms with Crippen molar-refractivity contribution in [3.8, 4) is 0 Å². The molecule has 21 heavy (non-hydrogen) atoms. The molecule has 4 nitrogen and oxygen atoms in total. The fourth-order valence-corrected chi connectivity index (χ4v) is 1.98. The number of hydrogen-bond donors (Lipinski definition) is 1. The van der Waals surface area contributed by atoms with Crippen molar-refractivity contribution in [1.82, 2.24) is 0 Å². The Bertz CT molecular complexity index is 718. The highest BCUT2D eigenvalue weighted by molar-refractivity contribution is 6.31. The van der Waals surface area contributed by atoms with Crippen molar-refractivity contribution in [2.24, 2.45) is 0 Å². The second kappa shape index (κ2) is 5.93. The summed E-state index contributed by atoms with van der Waals surface area (Å²) in [4.78, 5) is 24.4. The molecule has 0 fully saturated rings. The Morgan fingerprint density at radius 2 is 1.90 bits per heavy atom. The van der Waals surface area contributed by atoms with Gasteiger partial charge in [0.05, 0.1) is 11.1 Å². The minimum absolute atomic E-state index is 0.0405. The van der Waals surface area contributed by atoms with Gasteiger partial charge in [-0.2, -0.15) is 0 Å². The molecule has 2 aromatic rings. The molecule has 0 aromatic heterocycles. The Morgan fingerprint density at radius 1 is 1.19 bits per heavy atom. The quantitative estimate of drug-likeness (QED) is 0.945. The number of hydrogen-bond acceptors (Lipinski definition) is 2. The predicted octanol–water partition coefficient (Wildman–Crippen LogP) is 3.45. The fourth-order valence-electron chi connectivity index (χ4n) is 1.81. The lowest BCUT2D eigenvalue weighted by Crippen LogP contribution is -2.27. The zero-order valence-corrected chi connectivity index (χ0v) is 11.8. The second-order valence-electron chi connectivity index (χ2n) is 4.34. The molecule has 0 aliphatic rings. The van der Waals surface area contributed by atoms with E-state index in [-0.39, 0.29) is 16.1 Å². The minimum atomic E-state index is -1.10. The third kappa shape index (κ3) is 3.20. The van der Waals surface area contributed by atoms with Crippen molar-refractivity contribution in [1.29, 1.82) is 0 Å². The molecule has 1 amide bonds. The van der Waals surface area contributed by atoms with Crippen LogP contribution in [0.2, 0.25) is 5.02 Å². The maximum absolute atomic E-state index is 13.7. The molecule has 0 aliphatic heterocycles. The molecule has 0 saturated carbocycles. The molecular formula is C15H11ClFNO3. The minimum Gasteiger partial charge on any atom is -0.478 e. The molecule has 0 saturated heterocycles. The van der Waals surface area contributed by atoms with E-state index < -0.39 is 17.7 Å². The molecule has 6 heteroatoms. The monoisotopic (exact) mass is 307 g/mol. The lowest BCUT2D eigenvalue weighted by Gasteiger charge is -2.18. The van der Waals surface area contributed by atoms with E-state index in [1.54, 1.807) is 6.07 Å². The van der Waals surface area contributed by atoms with E-state index in [2.05, 4.69) is 0 Å². The molecule has 2 aromatic carbocycles. The van der Waals surface area contributed by atoms with Crippen LogP contribution >= 0.6 is 11.6 Å². The lowest BCUT2D eigenvalue weighted by molar-refractivity contribution is 0.0696. The number of rotatable bonds is 3. The van der Waals surface area contributed by atoms with Crippen molar-refractivity contribution in [3.05, 3.63) is 64.4 Å². The SMILES string of the molecule is CN(C(=O)c1cc(Cl)ccc1F)c1cccc(C(=O)O)c1. The van der Waals surface area contributed by atoms with Gasteiger partial charge in [0.2, 0.25) is 0 Å². The van der Waals surface area contributed by atoms with Crippen LogP contribution in [-0.4, -0.2) is 24.0 Å². The van der Waals surface area contributed by atoms with Gasteiger partial charge in [0.15, 0.2) is 0 Å². The summed E-state index contributed by atoms with van der Waals surface area (Å²) in [5.41, 5.74) is 0.212. The van der Waals surface area contributed by atoms with Gasteiger partial charge < -0.3 is 10.0 Å². The molecule has 0 spiro atoms. The van der Waals surface area contributed by atoms with E-state index in [4.69, 9.17) is 16.7 Å². The van der Waals surface area contributed by atoms with E-state index >= 15 is 0 Å². The number of carbonyl (C=O) groups excluding carboxylic acids is 1. The summed E-state index contributed by atoms with van der Waals surface area (Å²) in [6, 6.07) is 9.50. The highest BCUT2D eigenvalue weighted by Crippen LogP contribution is 2.21. The number of amides is 1. The first kappa shape index (κ1) is 15.0. The van der Waals surface area contributed by atoms with E-state index in [1.165, 1.54) is 42.3 Å². The normalized spacial score (nSPS) is 10.2.